The van der Waals surface area contributed by atoms with Gasteiger partial charge in [-0.2, -0.15) is 0 Å². The fraction of sp³-hybridized carbons (Fsp3) is 0.364. The van der Waals surface area contributed by atoms with E-state index < -0.39 is 0 Å². The minimum Gasteiger partial charge on any atom is -0.506 e. The van der Waals surface area contributed by atoms with E-state index in [0.29, 0.717) is 24.2 Å². The van der Waals surface area contributed by atoms with Crippen LogP contribution >= 0.6 is 0 Å². The van der Waals surface area contributed by atoms with Crippen LogP contribution in [0.5, 0.6) is 5.75 Å². The second-order valence-electron chi connectivity index (χ2n) is 3.50. The SMILES string of the molecule is Nc1ccc(CC(=O)NCCCO)cc1O. The van der Waals surface area contributed by atoms with Crippen molar-refractivity contribution in [1.82, 2.24) is 5.32 Å². The van der Waals surface area contributed by atoms with Crippen molar-refractivity contribution in [2.24, 2.45) is 0 Å². The zero-order valence-electron chi connectivity index (χ0n) is 8.94. The molecule has 0 aliphatic rings. The van der Waals surface area contributed by atoms with Crippen LogP contribution in [0, 0.1) is 0 Å². The van der Waals surface area contributed by atoms with Gasteiger partial charge in [-0.15, -0.1) is 0 Å². The minimum atomic E-state index is -0.141. The maximum Gasteiger partial charge on any atom is 0.224 e. The molecule has 16 heavy (non-hydrogen) atoms. The monoisotopic (exact) mass is 224 g/mol. The van der Waals surface area contributed by atoms with Crippen molar-refractivity contribution in [3.05, 3.63) is 23.8 Å². The van der Waals surface area contributed by atoms with Gasteiger partial charge in [0.25, 0.3) is 0 Å². The number of aliphatic hydroxyl groups excluding tert-OH is 1. The molecule has 1 aromatic carbocycles. The molecule has 88 valence electrons. The van der Waals surface area contributed by atoms with Crippen LogP contribution in [-0.2, 0) is 11.2 Å². The van der Waals surface area contributed by atoms with E-state index in [0.717, 1.165) is 0 Å². The van der Waals surface area contributed by atoms with Crippen molar-refractivity contribution >= 4 is 11.6 Å². The molecule has 0 atom stereocenters. The Balaban J connectivity index is 2.46. The van der Waals surface area contributed by atoms with Gasteiger partial charge in [-0.25, -0.2) is 0 Å². The molecule has 0 radical (unpaired) electrons. The molecule has 0 spiro atoms. The molecule has 1 aromatic rings. The van der Waals surface area contributed by atoms with Crippen LogP contribution in [-0.4, -0.2) is 29.3 Å². The minimum absolute atomic E-state index is 0.0133. The number of amides is 1. The zero-order chi connectivity index (χ0) is 12.0. The van der Waals surface area contributed by atoms with Gasteiger partial charge in [0.05, 0.1) is 12.1 Å². The molecule has 0 saturated carbocycles. The average Bonchev–Trinajstić information content (AvgIpc) is 2.24. The average molecular weight is 224 g/mol. The molecule has 0 bridgehead atoms. The van der Waals surface area contributed by atoms with Crippen molar-refractivity contribution < 1.29 is 15.0 Å². The highest BCUT2D eigenvalue weighted by Gasteiger charge is 2.04. The van der Waals surface area contributed by atoms with Crippen LogP contribution in [0.3, 0.4) is 0 Å². The van der Waals surface area contributed by atoms with Gasteiger partial charge < -0.3 is 21.3 Å². The number of carbonyl (C=O) groups is 1. The van der Waals surface area contributed by atoms with Gasteiger partial charge in [0.15, 0.2) is 0 Å². The largest absolute Gasteiger partial charge is 0.506 e. The maximum absolute atomic E-state index is 11.4. The van der Waals surface area contributed by atoms with Crippen molar-refractivity contribution in [2.45, 2.75) is 12.8 Å². The first-order valence-electron chi connectivity index (χ1n) is 5.08. The molecule has 0 aliphatic carbocycles. The number of aromatic hydroxyl groups is 1. The Bertz CT molecular complexity index is 366. The predicted molar refractivity (Wildman–Crippen MR) is 60.9 cm³/mol. The molecule has 1 rings (SSSR count). The number of phenols is 1. The molecule has 0 aliphatic heterocycles. The third-order valence-corrected chi connectivity index (χ3v) is 2.12. The van der Waals surface area contributed by atoms with Gasteiger partial charge in [0.2, 0.25) is 5.91 Å². The number of anilines is 1. The Labute approximate surface area is 93.9 Å². The molecule has 0 unspecified atom stereocenters. The second-order valence-corrected chi connectivity index (χ2v) is 3.50. The van der Waals surface area contributed by atoms with E-state index in [9.17, 15) is 9.90 Å². The van der Waals surface area contributed by atoms with Crippen molar-refractivity contribution in [3.8, 4) is 5.75 Å². The first kappa shape index (κ1) is 12.3. The smallest absolute Gasteiger partial charge is 0.224 e. The van der Waals surface area contributed by atoms with E-state index in [1.165, 1.54) is 6.07 Å². The third-order valence-electron chi connectivity index (χ3n) is 2.12. The normalized spacial score (nSPS) is 10.1. The first-order valence-corrected chi connectivity index (χ1v) is 5.08. The number of hydrogen-bond donors (Lipinski definition) is 4. The molecule has 0 saturated heterocycles. The van der Waals surface area contributed by atoms with E-state index >= 15 is 0 Å². The van der Waals surface area contributed by atoms with Gasteiger partial charge in [-0.3, -0.25) is 4.79 Å². The molecule has 0 heterocycles. The van der Waals surface area contributed by atoms with Gasteiger partial charge in [0, 0.05) is 13.2 Å². The van der Waals surface area contributed by atoms with Gasteiger partial charge in [0.1, 0.15) is 5.75 Å². The summed E-state index contributed by atoms with van der Waals surface area (Å²) in [6.07, 6.45) is 0.734. The predicted octanol–water partition coefficient (Wildman–Crippen LogP) is 0.0155. The van der Waals surface area contributed by atoms with Crippen LogP contribution in [0.15, 0.2) is 18.2 Å². The number of hydrogen-bond acceptors (Lipinski definition) is 4. The maximum atomic E-state index is 11.4. The number of rotatable bonds is 5. The van der Waals surface area contributed by atoms with E-state index in [1.807, 2.05) is 0 Å². The Kier molecular flexibility index (Phi) is 4.60. The fourth-order valence-electron chi connectivity index (χ4n) is 1.25. The number of nitrogens with one attached hydrogen (secondary N) is 1. The highest BCUT2D eigenvalue weighted by molar-refractivity contribution is 5.78. The standard InChI is InChI=1S/C11H16N2O3/c12-9-3-2-8(6-10(9)15)7-11(16)13-4-1-5-14/h2-3,6,14-15H,1,4-5,7,12H2,(H,13,16). The Morgan fingerprint density at radius 3 is 2.81 bits per heavy atom. The van der Waals surface area contributed by atoms with Crippen molar-refractivity contribution in [2.75, 3.05) is 18.9 Å². The summed E-state index contributed by atoms with van der Waals surface area (Å²) in [7, 11) is 0. The van der Waals surface area contributed by atoms with Crippen LogP contribution in [0.4, 0.5) is 5.69 Å². The van der Waals surface area contributed by atoms with E-state index in [-0.39, 0.29) is 24.7 Å². The highest BCUT2D eigenvalue weighted by Crippen LogP contribution is 2.20. The lowest BCUT2D eigenvalue weighted by atomic mass is 10.1. The van der Waals surface area contributed by atoms with Gasteiger partial charge in [-0.1, -0.05) is 6.07 Å². The van der Waals surface area contributed by atoms with Crippen LogP contribution in [0.2, 0.25) is 0 Å². The molecule has 0 aromatic heterocycles. The van der Waals surface area contributed by atoms with Crippen LogP contribution in [0.1, 0.15) is 12.0 Å². The molecule has 5 N–H and O–H groups in total. The summed E-state index contributed by atoms with van der Waals surface area (Å²) in [5.74, 6) is -0.154. The van der Waals surface area contributed by atoms with Gasteiger partial charge in [-0.05, 0) is 24.1 Å². The van der Waals surface area contributed by atoms with E-state index in [4.69, 9.17) is 10.8 Å². The molecule has 1 amide bonds. The Morgan fingerprint density at radius 2 is 2.19 bits per heavy atom. The molecular weight excluding hydrogens is 208 g/mol. The molecule has 0 fully saturated rings. The number of nitrogens with two attached hydrogens (primary N) is 1. The summed E-state index contributed by atoms with van der Waals surface area (Å²) in [6, 6.07) is 4.73. The van der Waals surface area contributed by atoms with Gasteiger partial charge >= 0.3 is 0 Å². The fourth-order valence-corrected chi connectivity index (χ4v) is 1.25. The lowest BCUT2D eigenvalue weighted by Gasteiger charge is -2.05. The molecule has 5 heteroatoms. The summed E-state index contributed by atoms with van der Waals surface area (Å²) in [4.78, 5) is 11.4. The number of carbonyl (C=O) groups excluding carboxylic acids is 1. The molecule has 5 nitrogen and oxygen atoms in total. The van der Waals surface area contributed by atoms with Crippen LogP contribution < -0.4 is 11.1 Å². The Morgan fingerprint density at radius 1 is 1.44 bits per heavy atom. The van der Waals surface area contributed by atoms with Crippen molar-refractivity contribution in [3.63, 3.8) is 0 Å². The highest BCUT2D eigenvalue weighted by atomic mass is 16.3. The van der Waals surface area contributed by atoms with Crippen molar-refractivity contribution in [1.29, 1.82) is 0 Å². The second kappa shape index (κ2) is 5.97. The lowest BCUT2D eigenvalue weighted by molar-refractivity contribution is -0.120. The number of phenolic OH excluding ortho intramolecular Hbond substituents is 1. The first-order chi connectivity index (χ1) is 7.63. The van der Waals surface area contributed by atoms with E-state index in [2.05, 4.69) is 5.32 Å². The van der Waals surface area contributed by atoms with Crippen LogP contribution in [0.25, 0.3) is 0 Å². The third kappa shape index (κ3) is 3.78. The zero-order valence-corrected chi connectivity index (χ0v) is 8.94. The summed E-state index contributed by atoms with van der Waals surface area (Å²) in [5.41, 5.74) is 6.44. The summed E-state index contributed by atoms with van der Waals surface area (Å²) >= 11 is 0. The van der Waals surface area contributed by atoms with E-state index in [1.54, 1.807) is 12.1 Å². The Hall–Kier alpha value is -1.75. The summed E-state index contributed by atoms with van der Waals surface area (Å²) < 4.78 is 0. The summed E-state index contributed by atoms with van der Waals surface area (Å²) in [5, 5.41) is 20.5. The lowest BCUT2D eigenvalue weighted by Crippen LogP contribution is -2.26. The number of aliphatic hydroxyl groups is 1. The summed E-state index contributed by atoms with van der Waals surface area (Å²) in [6.45, 7) is 0.513. The molecular formula is C11H16N2O3. The number of nitrogen functional groups attached to an aromatic ring is 1. The quantitative estimate of drug-likeness (QED) is 0.322. The topological polar surface area (TPSA) is 95.6 Å². The number of benzene rings is 1.